The first-order valence-corrected chi connectivity index (χ1v) is 10.5. The van der Waals surface area contributed by atoms with Gasteiger partial charge >= 0.3 is 6.18 Å². The van der Waals surface area contributed by atoms with Crippen LogP contribution in [-0.2, 0) is 10.9 Å². The number of aromatic nitrogens is 3. The number of rotatable bonds is 6. The molecule has 0 amide bonds. The smallest absolute Gasteiger partial charge is 0.378 e. The number of aromatic amines is 1. The van der Waals surface area contributed by atoms with E-state index < -0.39 is 11.7 Å². The lowest BCUT2D eigenvalue weighted by Crippen LogP contribution is -2.36. The number of morpholine rings is 1. The molecule has 0 atom stereocenters. The predicted molar refractivity (Wildman–Crippen MR) is 116 cm³/mol. The molecule has 10 heteroatoms. The molecule has 7 nitrogen and oxygen atoms in total. The molecule has 32 heavy (non-hydrogen) atoms. The summed E-state index contributed by atoms with van der Waals surface area (Å²) in [6, 6.07) is 10.8. The number of nitrogens with zero attached hydrogens (tertiary/aromatic N) is 3. The van der Waals surface area contributed by atoms with Gasteiger partial charge < -0.3 is 20.3 Å². The monoisotopic (exact) mass is 444 g/mol. The van der Waals surface area contributed by atoms with Crippen molar-refractivity contribution in [1.29, 1.82) is 0 Å². The third-order valence-corrected chi connectivity index (χ3v) is 5.60. The van der Waals surface area contributed by atoms with Gasteiger partial charge in [-0.05, 0) is 37.1 Å². The molecule has 0 radical (unpaired) electrons. The Hall–Kier alpha value is -3.27. The molecule has 1 aliphatic heterocycles. The van der Waals surface area contributed by atoms with E-state index in [-0.39, 0.29) is 5.69 Å². The van der Waals surface area contributed by atoms with Crippen LogP contribution in [-0.4, -0.2) is 41.5 Å². The largest absolute Gasteiger partial charge is 0.419 e. The van der Waals surface area contributed by atoms with Gasteiger partial charge in [0.2, 0.25) is 0 Å². The summed E-state index contributed by atoms with van der Waals surface area (Å²) in [6.45, 7) is 3.06. The number of hydrogen-bond donors (Lipinski definition) is 3. The Bertz CT molecular complexity index is 1070. The Kier molecular flexibility index (Phi) is 5.38. The topological polar surface area (TPSA) is 78.1 Å². The van der Waals surface area contributed by atoms with Crippen molar-refractivity contribution in [2.45, 2.75) is 24.9 Å². The van der Waals surface area contributed by atoms with Crippen molar-refractivity contribution in [3.63, 3.8) is 0 Å². The molecular formula is C22H23F3N6O. The van der Waals surface area contributed by atoms with Crippen LogP contribution in [0, 0.1) is 0 Å². The molecule has 2 fully saturated rings. The number of nitrogens with one attached hydrogen (secondary N) is 3. The van der Waals surface area contributed by atoms with Crippen LogP contribution in [0.3, 0.4) is 0 Å². The van der Waals surface area contributed by atoms with Crippen LogP contribution in [0.4, 0.5) is 41.9 Å². The van der Waals surface area contributed by atoms with Crippen LogP contribution in [0.2, 0.25) is 0 Å². The van der Waals surface area contributed by atoms with Crippen molar-refractivity contribution in [1.82, 2.24) is 15.2 Å². The standard InChI is InChI=1S/C22H23F3N6O/c23-22(24,25)17-13-26-20(12-19(17)28-21-11-18(29-30-21)14-1-2-14)27-15-3-5-16(6-4-15)31-7-9-32-10-8-31/h3-6,11-14H,1-2,7-10H2,(H3,26,27,28,29,30). The van der Waals surface area contributed by atoms with E-state index in [1.54, 1.807) is 6.07 Å². The van der Waals surface area contributed by atoms with Gasteiger partial charge in [-0.25, -0.2) is 4.98 Å². The highest BCUT2D eigenvalue weighted by Crippen LogP contribution is 2.41. The molecule has 2 aliphatic rings. The molecule has 2 aromatic heterocycles. The number of ether oxygens (including phenoxy) is 1. The van der Waals surface area contributed by atoms with Gasteiger partial charge in [-0.1, -0.05) is 0 Å². The number of anilines is 5. The Morgan fingerprint density at radius 2 is 1.75 bits per heavy atom. The summed E-state index contributed by atoms with van der Waals surface area (Å²) in [6.07, 6.45) is -1.56. The summed E-state index contributed by atoms with van der Waals surface area (Å²) in [7, 11) is 0. The molecule has 1 aliphatic carbocycles. The van der Waals surface area contributed by atoms with Gasteiger partial charge in [-0.15, -0.1) is 0 Å². The molecule has 1 saturated heterocycles. The summed E-state index contributed by atoms with van der Waals surface area (Å²) < 4.78 is 46.0. The highest BCUT2D eigenvalue weighted by molar-refractivity contribution is 5.68. The van der Waals surface area contributed by atoms with E-state index in [1.165, 1.54) is 6.07 Å². The Morgan fingerprint density at radius 1 is 1.00 bits per heavy atom. The van der Waals surface area contributed by atoms with Gasteiger partial charge in [0.25, 0.3) is 0 Å². The van der Waals surface area contributed by atoms with Crippen LogP contribution in [0.5, 0.6) is 0 Å². The molecule has 0 unspecified atom stereocenters. The number of halogens is 3. The van der Waals surface area contributed by atoms with Crippen molar-refractivity contribution >= 4 is 28.7 Å². The van der Waals surface area contributed by atoms with Gasteiger partial charge in [0.1, 0.15) is 5.82 Å². The Balaban J connectivity index is 1.35. The first-order chi connectivity index (χ1) is 15.5. The molecule has 0 bridgehead atoms. The van der Waals surface area contributed by atoms with Crippen LogP contribution in [0.25, 0.3) is 0 Å². The van der Waals surface area contributed by atoms with Crippen LogP contribution in [0.1, 0.15) is 30.0 Å². The van der Waals surface area contributed by atoms with Gasteiger partial charge in [0.05, 0.1) is 24.5 Å². The third-order valence-electron chi connectivity index (χ3n) is 5.60. The van der Waals surface area contributed by atoms with Crippen LogP contribution in [0.15, 0.2) is 42.6 Å². The first-order valence-electron chi connectivity index (χ1n) is 10.5. The number of benzene rings is 1. The first kappa shape index (κ1) is 20.6. The quantitative estimate of drug-likeness (QED) is 0.495. The minimum atomic E-state index is -4.54. The minimum absolute atomic E-state index is 0.103. The summed E-state index contributed by atoms with van der Waals surface area (Å²) in [5.41, 5.74) is 1.80. The molecular weight excluding hydrogens is 421 g/mol. The van der Waals surface area contributed by atoms with Crippen LogP contribution >= 0.6 is 0 Å². The molecule has 3 aromatic rings. The summed E-state index contributed by atoms with van der Waals surface area (Å²) in [5, 5.41) is 12.9. The minimum Gasteiger partial charge on any atom is -0.378 e. The summed E-state index contributed by atoms with van der Waals surface area (Å²) in [5.74, 6) is 1.08. The van der Waals surface area contributed by atoms with Gasteiger partial charge in [0.15, 0.2) is 5.82 Å². The fourth-order valence-corrected chi connectivity index (χ4v) is 3.72. The zero-order valence-electron chi connectivity index (χ0n) is 17.2. The van der Waals surface area contributed by atoms with Crippen molar-refractivity contribution in [2.75, 3.05) is 41.8 Å². The van der Waals surface area contributed by atoms with E-state index >= 15 is 0 Å². The molecule has 5 rings (SSSR count). The lowest BCUT2D eigenvalue weighted by Gasteiger charge is -2.28. The van der Waals surface area contributed by atoms with E-state index in [0.29, 0.717) is 30.8 Å². The molecule has 1 saturated carbocycles. The second-order valence-corrected chi connectivity index (χ2v) is 7.99. The third kappa shape index (κ3) is 4.64. The van der Waals surface area contributed by atoms with E-state index in [9.17, 15) is 13.2 Å². The van der Waals surface area contributed by atoms with Crippen molar-refractivity contribution in [3.8, 4) is 0 Å². The highest BCUT2D eigenvalue weighted by Gasteiger charge is 2.35. The van der Waals surface area contributed by atoms with Gasteiger partial charge in [-0.2, -0.15) is 18.3 Å². The fourth-order valence-electron chi connectivity index (χ4n) is 3.72. The summed E-state index contributed by atoms with van der Waals surface area (Å²) in [4.78, 5) is 6.20. The second kappa shape index (κ2) is 8.34. The van der Waals surface area contributed by atoms with E-state index in [4.69, 9.17) is 4.74 Å². The fraction of sp³-hybridized carbons (Fsp3) is 0.364. The molecule has 1 aromatic carbocycles. The molecule has 0 spiro atoms. The van der Waals surface area contributed by atoms with Crippen molar-refractivity contribution in [3.05, 3.63) is 53.9 Å². The zero-order chi connectivity index (χ0) is 22.1. The second-order valence-electron chi connectivity index (χ2n) is 7.99. The van der Waals surface area contributed by atoms with Crippen molar-refractivity contribution in [2.24, 2.45) is 0 Å². The lowest BCUT2D eigenvalue weighted by atomic mass is 10.2. The van der Waals surface area contributed by atoms with Gasteiger partial charge in [-0.3, -0.25) is 5.10 Å². The SMILES string of the molecule is FC(F)(F)c1cnc(Nc2ccc(N3CCOCC3)cc2)cc1Nc1cc(C2CC2)[nH]n1. The van der Waals surface area contributed by atoms with E-state index in [2.05, 4.69) is 30.7 Å². The zero-order valence-corrected chi connectivity index (χ0v) is 17.2. The van der Waals surface area contributed by atoms with E-state index in [1.807, 2.05) is 24.3 Å². The maximum Gasteiger partial charge on any atom is 0.419 e. The Labute approximate surface area is 183 Å². The molecule has 3 heterocycles. The van der Waals surface area contributed by atoms with Crippen LogP contribution < -0.4 is 15.5 Å². The Morgan fingerprint density at radius 3 is 2.44 bits per heavy atom. The summed E-state index contributed by atoms with van der Waals surface area (Å²) >= 11 is 0. The number of H-pyrrole nitrogens is 1. The average molecular weight is 444 g/mol. The molecule has 168 valence electrons. The number of alkyl halides is 3. The lowest BCUT2D eigenvalue weighted by molar-refractivity contribution is -0.137. The average Bonchev–Trinajstić information content (AvgIpc) is 3.53. The molecule has 3 N–H and O–H groups in total. The highest BCUT2D eigenvalue weighted by atomic mass is 19.4. The maximum absolute atomic E-state index is 13.5. The van der Waals surface area contributed by atoms with Gasteiger partial charge in [0, 0.05) is 54.4 Å². The maximum atomic E-state index is 13.5. The van der Waals surface area contributed by atoms with Crippen molar-refractivity contribution < 1.29 is 17.9 Å². The normalized spacial score (nSPS) is 16.8. The van der Waals surface area contributed by atoms with E-state index in [0.717, 1.165) is 49.2 Å². The number of hydrogen-bond acceptors (Lipinski definition) is 6. The predicted octanol–water partition coefficient (Wildman–Crippen LogP) is 5.02. The number of pyridine rings is 1.